The van der Waals surface area contributed by atoms with Gasteiger partial charge in [0.15, 0.2) is 5.75 Å². The lowest BCUT2D eigenvalue weighted by Crippen LogP contribution is -2.50. The van der Waals surface area contributed by atoms with E-state index in [2.05, 4.69) is 5.32 Å². The Labute approximate surface area is 134 Å². The Morgan fingerprint density at radius 1 is 1.48 bits per heavy atom. The van der Waals surface area contributed by atoms with Gasteiger partial charge in [0.1, 0.15) is 24.3 Å². The SMILES string of the molecule is CN1C(=O)C(NC(=O)OC(C)(C)C)COc2c(C#N)cccc21. The molecule has 0 spiro atoms. The minimum Gasteiger partial charge on any atom is -0.487 e. The van der Waals surface area contributed by atoms with Crippen LogP contribution in [0.25, 0.3) is 0 Å². The first-order valence-corrected chi connectivity index (χ1v) is 7.16. The van der Waals surface area contributed by atoms with E-state index in [1.807, 2.05) is 6.07 Å². The number of nitriles is 1. The van der Waals surface area contributed by atoms with E-state index in [9.17, 15) is 9.59 Å². The Kier molecular flexibility index (Phi) is 4.45. The Balaban J connectivity index is 2.21. The number of para-hydroxylation sites is 1. The lowest BCUT2D eigenvalue weighted by Gasteiger charge is -2.23. The number of anilines is 1. The average Bonchev–Trinajstić information content (AvgIpc) is 2.57. The van der Waals surface area contributed by atoms with Crippen molar-refractivity contribution in [3.63, 3.8) is 0 Å². The number of likely N-dealkylation sites (N-methyl/N-ethyl adjacent to an activating group) is 1. The molecule has 122 valence electrons. The predicted octanol–water partition coefficient (Wildman–Crippen LogP) is 1.81. The zero-order valence-electron chi connectivity index (χ0n) is 13.5. The van der Waals surface area contributed by atoms with Crippen molar-refractivity contribution < 1.29 is 19.1 Å². The number of carbonyl (C=O) groups is 2. The van der Waals surface area contributed by atoms with E-state index in [0.717, 1.165) is 0 Å². The van der Waals surface area contributed by atoms with Gasteiger partial charge in [-0.3, -0.25) is 4.79 Å². The Hall–Kier alpha value is -2.75. The van der Waals surface area contributed by atoms with Crippen LogP contribution in [0.4, 0.5) is 10.5 Å². The van der Waals surface area contributed by atoms with Gasteiger partial charge < -0.3 is 19.7 Å². The average molecular weight is 317 g/mol. The van der Waals surface area contributed by atoms with Crippen molar-refractivity contribution in [1.82, 2.24) is 5.32 Å². The summed E-state index contributed by atoms with van der Waals surface area (Å²) in [6.07, 6.45) is -0.695. The van der Waals surface area contributed by atoms with Crippen molar-refractivity contribution in [2.75, 3.05) is 18.6 Å². The van der Waals surface area contributed by atoms with Crippen LogP contribution in [-0.2, 0) is 9.53 Å². The van der Waals surface area contributed by atoms with E-state index in [4.69, 9.17) is 14.7 Å². The predicted molar refractivity (Wildman–Crippen MR) is 83.2 cm³/mol. The van der Waals surface area contributed by atoms with Crippen LogP contribution in [0, 0.1) is 11.3 Å². The van der Waals surface area contributed by atoms with E-state index < -0.39 is 17.7 Å². The van der Waals surface area contributed by atoms with Gasteiger partial charge in [-0.2, -0.15) is 5.26 Å². The van der Waals surface area contributed by atoms with E-state index in [-0.39, 0.29) is 12.5 Å². The highest BCUT2D eigenvalue weighted by atomic mass is 16.6. The van der Waals surface area contributed by atoms with Gasteiger partial charge in [-0.05, 0) is 32.9 Å². The van der Waals surface area contributed by atoms with Gasteiger partial charge in [0.2, 0.25) is 0 Å². The summed E-state index contributed by atoms with van der Waals surface area (Å²) in [6, 6.07) is 6.10. The van der Waals surface area contributed by atoms with Crippen LogP contribution in [0.15, 0.2) is 18.2 Å². The number of alkyl carbamates (subject to hydrolysis) is 1. The summed E-state index contributed by atoms with van der Waals surface area (Å²) >= 11 is 0. The second-order valence-corrected chi connectivity index (χ2v) is 6.17. The topological polar surface area (TPSA) is 91.7 Å². The normalized spacial score (nSPS) is 17.4. The summed E-state index contributed by atoms with van der Waals surface area (Å²) in [7, 11) is 1.57. The third kappa shape index (κ3) is 3.72. The van der Waals surface area contributed by atoms with Crippen LogP contribution >= 0.6 is 0 Å². The first-order valence-electron chi connectivity index (χ1n) is 7.16. The zero-order chi connectivity index (χ0) is 17.2. The molecule has 2 rings (SSSR count). The second-order valence-electron chi connectivity index (χ2n) is 6.17. The van der Waals surface area contributed by atoms with Gasteiger partial charge in [-0.15, -0.1) is 0 Å². The molecule has 0 fully saturated rings. The highest BCUT2D eigenvalue weighted by Crippen LogP contribution is 2.33. The lowest BCUT2D eigenvalue weighted by atomic mass is 10.1. The van der Waals surface area contributed by atoms with Crippen LogP contribution in [0.5, 0.6) is 5.75 Å². The lowest BCUT2D eigenvalue weighted by molar-refractivity contribution is -0.120. The highest BCUT2D eigenvalue weighted by molar-refractivity contribution is 6.00. The monoisotopic (exact) mass is 317 g/mol. The second kappa shape index (κ2) is 6.16. The van der Waals surface area contributed by atoms with Crippen molar-refractivity contribution in [1.29, 1.82) is 5.26 Å². The molecule has 0 radical (unpaired) electrons. The van der Waals surface area contributed by atoms with Gasteiger partial charge in [0.25, 0.3) is 5.91 Å². The minimum atomic E-state index is -0.895. The smallest absolute Gasteiger partial charge is 0.408 e. The molecule has 7 nitrogen and oxygen atoms in total. The first-order chi connectivity index (χ1) is 10.7. The van der Waals surface area contributed by atoms with Gasteiger partial charge in [0.05, 0.1) is 11.3 Å². The molecule has 0 aromatic heterocycles. The van der Waals surface area contributed by atoms with E-state index in [1.165, 1.54) is 4.90 Å². The fraction of sp³-hybridized carbons (Fsp3) is 0.438. The third-order valence-electron chi connectivity index (χ3n) is 3.19. The summed E-state index contributed by atoms with van der Waals surface area (Å²) in [5, 5.41) is 11.7. The molecular formula is C16H19N3O4. The molecule has 1 heterocycles. The highest BCUT2D eigenvalue weighted by Gasteiger charge is 2.32. The van der Waals surface area contributed by atoms with Crippen molar-refractivity contribution in [2.45, 2.75) is 32.4 Å². The van der Waals surface area contributed by atoms with Gasteiger partial charge >= 0.3 is 6.09 Å². The molecule has 1 aromatic carbocycles. The van der Waals surface area contributed by atoms with Crippen molar-refractivity contribution in [2.24, 2.45) is 0 Å². The molecule has 1 aliphatic rings. The molecule has 0 bridgehead atoms. The first kappa shape index (κ1) is 16.6. The maximum atomic E-state index is 12.5. The summed E-state index contributed by atoms with van der Waals surface area (Å²) < 4.78 is 10.8. The van der Waals surface area contributed by atoms with Gasteiger partial charge in [0, 0.05) is 7.05 Å². The van der Waals surface area contributed by atoms with Crippen LogP contribution in [0.1, 0.15) is 26.3 Å². The number of hydrogen-bond acceptors (Lipinski definition) is 5. The summed E-state index contributed by atoms with van der Waals surface area (Å²) in [5.41, 5.74) is 0.157. The number of hydrogen-bond donors (Lipinski definition) is 1. The van der Waals surface area contributed by atoms with Crippen LogP contribution in [0.3, 0.4) is 0 Å². The fourth-order valence-corrected chi connectivity index (χ4v) is 2.17. The number of benzene rings is 1. The van der Waals surface area contributed by atoms with E-state index in [1.54, 1.807) is 46.0 Å². The number of amides is 2. The molecule has 0 saturated carbocycles. The standard InChI is InChI=1S/C16H19N3O4/c1-16(2,3)23-15(21)18-11-9-22-13-10(8-17)6-5-7-12(13)19(4)14(11)20/h5-7,11H,9H2,1-4H3,(H,18,21). The van der Waals surface area contributed by atoms with E-state index in [0.29, 0.717) is 17.0 Å². The summed E-state index contributed by atoms with van der Waals surface area (Å²) in [5.74, 6) is -0.0102. The molecule has 1 aromatic rings. The quantitative estimate of drug-likeness (QED) is 0.853. The molecule has 0 saturated heterocycles. The number of nitrogens with one attached hydrogen (secondary N) is 1. The molecular weight excluding hydrogens is 298 g/mol. The van der Waals surface area contributed by atoms with Crippen molar-refractivity contribution >= 4 is 17.7 Å². The van der Waals surface area contributed by atoms with Crippen LogP contribution in [-0.4, -0.2) is 37.3 Å². The van der Waals surface area contributed by atoms with Gasteiger partial charge in [-0.25, -0.2) is 4.79 Å². The molecule has 1 aliphatic heterocycles. The summed E-state index contributed by atoms with van der Waals surface area (Å²) in [6.45, 7) is 5.13. The zero-order valence-corrected chi connectivity index (χ0v) is 13.5. The molecule has 7 heteroatoms. The van der Waals surface area contributed by atoms with Crippen molar-refractivity contribution in [3.8, 4) is 11.8 Å². The fourth-order valence-electron chi connectivity index (χ4n) is 2.17. The number of fused-ring (bicyclic) bond motifs is 1. The van der Waals surface area contributed by atoms with Crippen LogP contribution < -0.4 is 15.0 Å². The molecule has 2 amide bonds. The molecule has 1 unspecified atom stereocenters. The van der Waals surface area contributed by atoms with E-state index >= 15 is 0 Å². The van der Waals surface area contributed by atoms with Crippen LogP contribution in [0.2, 0.25) is 0 Å². The maximum absolute atomic E-state index is 12.5. The Morgan fingerprint density at radius 3 is 2.78 bits per heavy atom. The molecule has 0 aliphatic carbocycles. The number of carbonyl (C=O) groups excluding carboxylic acids is 2. The molecule has 1 N–H and O–H groups in total. The largest absolute Gasteiger partial charge is 0.487 e. The number of ether oxygens (including phenoxy) is 2. The minimum absolute atomic E-state index is 0.0753. The summed E-state index contributed by atoms with van der Waals surface area (Å²) in [4.78, 5) is 25.7. The third-order valence-corrected chi connectivity index (χ3v) is 3.19. The molecule has 23 heavy (non-hydrogen) atoms. The Bertz CT molecular complexity index is 673. The molecule has 1 atom stereocenters. The Morgan fingerprint density at radius 2 is 2.17 bits per heavy atom. The number of nitrogens with zero attached hydrogens (tertiary/aromatic N) is 2. The number of rotatable bonds is 1. The maximum Gasteiger partial charge on any atom is 0.408 e. The van der Waals surface area contributed by atoms with Gasteiger partial charge in [-0.1, -0.05) is 6.07 Å². The van der Waals surface area contributed by atoms with Crippen molar-refractivity contribution in [3.05, 3.63) is 23.8 Å².